The summed E-state index contributed by atoms with van der Waals surface area (Å²) < 4.78 is 1.92. The number of hydrogen-bond donors (Lipinski definition) is 2. The van der Waals surface area contributed by atoms with Crippen LogP contribution in [0.5, 0.6) is 0 Å². The number of aromatic nitrogens is 2. The normalized spacial score (nSPS) is 17.7. The molecule has 1 aromatic heterocycles. The topological polar surface area (TPSA) is 67.2 Å². The van der Waals surface area contributed by atoms with Gasteiger partial charge in [-0.05, 0) is 12.1 Å². The summed E-state index contributed by atoms with van der Waals surface area (Å²) in [4.78, 5) is 16.5. The van der Waals surface area contributed by atoms with E-state index in [0.29, 0.717) is 11.3 Å². The number of aryl methyl sites for hydroxylation is 1. The molecule has 1 atom stereocenters. The number of carbonyl (C=O) groups excluding carboxylic acids is 1. The average Bonchev–Trinajstić information content (AvgIpc) is 2.86. The first-order chi connectivity index (χ1) is 8.65. The molecule has 6 heteroatoms. The molecule has 3 rings (SSSR count). The zero-order valence-electron chi connectivity index (χ0n) is 9.62. The van der Waals surface area contributed by atoms with Crippen LogP contribution in [0, 0.1) is 0 Å². The summed E-state index contributed by atoms with van der Waals surface area (Å²) in [5.74, 6) is -0.371. The molecule has 1 aromatic carbocycles. The van der Waals surface area contributed by atoms with Crippen LogP contribution in [0.25, 0.3) is 0 Å². The quantitative estimate of drug-likeness (QED) is 0.861. The van der Waals surface area contributed by atoms with Crippen LogP contribution in [0.3, 0.4) is 0 Å². The highest BCUT2D eigenvalue weighted by atomic mass is 32.2. The van der Waals surface area contributed by atoms with Gasteiger partial charge in [0.25, 0.3) is 5.91 Å². The lowest BCUT2D eigenvalue weighted by atomic mass is 10.1. The fourth-order valence-electron chi connectivity index (χ4n) is 1.84. The Hall–Kier alpha value is -1.79. The second-order valence-electron chi connectivity index (χ2n) is 4.06. The van der Waals surface area contributed by atoms with Crippen LogP contribution in [-0.4, -0.2) is 20.6 Å². The predicted molar refractivity (Wildman–Crippen MR) is 67.4 cm³/mol. The largest absolute Gasteiger partial charge is 0.378 e. The fraction of sp³-hybridized carbons (Fsp3) is 0.167. The Morgan fingerprint density at radius 1 is 1.50 bits per heavy atom. The second kappa shape index (κ2) is 4.15. The number of nitrogens with one attached hydrogen (secondary N) is 1. The van der Waals surface area contributed by atoms with Gasteiger partial charge in [0.1, 0.15) is 0 Å². The number of fused-ring (bicyclic) bond motifs is 1. The molecule has 2 aromatic rings. The van der Waals surface area contributed by atoms with Crippen LogP contribution < -0.4 is 5.32 Å². The van der Waals surface area contributed by atoms with E-state index in [1.165, 1.54) is 11.8 Å². The summed E-state index contributed by atoms with van der Waals surface area (Å²) >= 11 is 1.51. The molecule has 2 heterocycles. The van der Waals surface area contributed by atoms with E-state index in [1.807, 2.05) is 29.9 Å². The van der Waals surface area contributed by atoms with Gasteiger partial charge in [-0.3, -0.25) is 4.79 Å². The van der Waals surface area contributed by atoms with E-state index in [-0.39, 0.29) is 5.91 Å². The van der Waals surface area contributed by atoms with E-state index >= 15 is 0 Å². The molecule has 0 radical (unpaired) electrons. The molecule has 1 unspecified atom stereocenters. The summed E-state index contributed by atoms with van der Waals surface area (Å²) in [5.41, 5.74) is 1.30. The minimum absolute atomic E-state index is 0.371. The Morgan fingerprint density at radius 2 is 2.33 bits per heavy atom. The third-order valence-electron chi connectivity index (χ3n) is 2.81. The number of imidazole rings is 1. The third-order valence-corrected chi connectivity index (χ3v) is 3.88. The standard InChI is InChI=1S/C12H11N3O2S/c1-15-5-4-13-12(15)18-7-2-3-8-9(6-7)14-11(17)10(8)16/h2-6,10,16H,1H3,(H,14,17). The Balaban J connectivity index is 1.91. The number of amides is 1. The molecule has 1 aliphatic heterocycles. The number of carbonyl (C=O) groups is 1. The fourth-order valence-corrected chi connectivity index (χ4v) is 2.69. The number of rotatable bonds is 2. The van der Waals surface area contributed by atoms with Crippen LogP contribution in [-0.2, 0) is 11.8 Å². The van der Waals surface area contributed by atoms with Gasteiger partial charge >= 0.3 is 0 Å². The Bertz CT molecular complexity index is 624. The second-order valence-corrected chi connectivity index (χ2v) is 5.10. The minimum Gasteiger partial charge on any atom is -0.378 e. The van der Waals surface area contributed by atoms with Crippen LogP contribution >= 0.6 is 11.8 Å². The molecule has 92 valence electrons. The van der Waals surface area contributed by atoms with Gasteiger partial charge in [0.05, 0.1) is 0 Å². The van der Waals surface area contributed by atoms with Crippen molar-refractivity contribution in [3.05, 3.63) is 36.2 Å². The summed E-state index contributed by atoms with van der Waals surface area (Å²) in [6, 6.07) is 5.49. The lowest BCUT2D eigenvalue weighted by Crippen LogP contribution is -2.10. The van der Waals surface area contributed by atoms with Gasteiger partial charge in [0.15, 0.2) is 11.3 Å². The van der Waals surface area contributed by atoms with Crippen molar-refractivity contribution >= 4 is 23.4 Å². The SMILES string of the molecule is Cn1ccnc1Sc1ccc2c(c1)NC(=O)C2O. The average molecular weight is 261 g/mol. The maximum Gasteiger partial charge on any atom is 0.257 e. The van der Waals surface area contributed by atoms with Crippen molar-refractivity contribution in [3.8, 4) is 0 Å². The summed E-state index contributed by atoms with van der Waals surface area (Å²) in [7, 11) is 1.92. The number of nitrogens with zero attached hydrogens (tertiary/aromatic N) is 2. The maximum absolute atomic E-state index is 11.3. The van der Waals surface area contributed by atoms with Crippen molar-refractivity contribution in [2.45, 2.75) is 16.2 Å². The molecule has 18 heavy (non-hydrogen) atoms. The van der Waals surface area contributed by atoms with Gasteiger partial charge in [0, 0.05) is 35.6 Å². The molecule has 1 amide bonds. The van der Waals surface area contributed by atoms with Crippen molar-refractivity contribution in [1.82, 2.24) is 9.55 Å². The zero-order valence-corrected chi connectivity index (χ0v) is 10.4. The molecule has 0 fully saturated rings. The van der Waals surface area contributed by atoms with E-state index < -0.39 is 6.10 Å². The molecule has 0 bridgehead atoms. The monoisotopic (exact) mass is 261 g/mol. The van der Waals surface area contributed by atoms with Crippen molar-refractivity contribution in [3.63, 3.8) is 0 Å². The first-order valence-corrected chi connectivity index (χ1v) is 6.25. The van der Waals surface area contributed by atoms with E-state index in [2.05, 4.69) is 10.3 Å². The molecular formula is C12H11N3O2S. The number of aliphatic hydroxyl groups excluding tert-OH is 1. The lowest BCUT2D eigenvalue weighted by molar-refractivity contribution is -0.123. The van der Waals surface area contributed by atoms with Gasteiger partial charge < -0.3 is 15.0 Å². The van der Waals surface area contributed by atoms with Gasteiger partial charge in [-0.15, -0.1) is 0 Å². The summed E-state index contributed by atoms with van der Waals surface area (Å²) in [6.45, 7) is 0. The molecular weight excluding hydrogens is 250 g/mol. The van der Waals surface area contributed by atoms with Crippen molar-refractivity contribution in [2.75, 3.05) is 5.32 Å². The molecule has 0 saturated carbocycles. The van der Waals surface area contributed by atoms with E-state index in [0.717, 1.165) is 10.1 Å². The van der Waals surface area contributed by atoms with Crippen LogP contribution in [0.4, 0.5) is 5.69 Å². The highest BCUT2D eigenvalue weighted by Crippen LogP contribution is 2.35. The number of aliphatic hydroxyl groups is 1. The molecule has 2 N–H and O–H groups in total. The highest BCUT2D eigenvalue weighted by molar-refractivity contribution is 7.99. The van der Waals surface area contributed by atoms with Crippen molar-refractivity contribution < 1.29 is 9.90 Å². The predicted octanol–water partition coefficient (Wildman–Crippen LogP) is 1.56. The molecule has 1 aliphatic rings. The number of anilines is 1. The first kappa shape index (κ1) is 11.3. The molecule has 0 spiro atoms. The Kier molecular flexibility index (Phi) is 2.61. The van der Waals surface area contributed by atoms with Gasteiger partial charge in [0.2, 0.25) is 0 Å². The maximum atomic E-state index is 11.3. The van der Waals surface area contributed by atoms with Crippen LogP contribution in [0.1, 0.15) is 11.7 Å². The number of benzene rings is 1. The van der Waals surface area contributed by atoms with E-state index in [1.54, 1.807) is 12.3 Å². The smallest absolute Gasteiger partial charge is 0.257 e. The lowest BCUT2D eigenvalue weighted by Gasteiger charge is -2.04. The molecule has 5 nitrogen and oxygen atoms in total. The molecule has 0 aliphatic carbocycles. The summed E-state index contributed by atoms with van der Waals surface area (Å²) in [6.07, 6.45) is 2.56. The van der Waals surface area contributed by atoms with E-state index in [4.69, 9.17) is 0 Å². The van der Waals surface area contributed by atoms with E-state index in [9.17, 15) is 9.90 Å². The zero-order chi connectivity index (χ0) is 12.7. The molecule has 0 saturated heterocycles. The van der Waals surface area contributed by atoms with Crippen molar-refractivity contribution in [2.24, 2.45) is 7.05 Å². The number of hydrogen-bond acceptors (Lipinski definition) is 4. The van der Waals surface area contributed by atoms with Crippen molar-refractivity contribution in [1.29, 1.82) is 0 Å². The van der Waals surface area contributed by atoms with Crippen LogP contribution in [0.2, 0.25) is 0 Å². The third kappa shape index (κ3) is 1.79. The Morgan fingerprint density at radius 3 is 3.06 bits per heavy atom. The van der Waals surface area contributed by atoms with Gasteiger partial charge in [-0.2, -0.15) is 0 Å². The highest BCUT2D eigenvalue weighted by Gasteiger charge is 2.28. The van der Waals surface area contributed by atoms with Crippen LogP contribution in [0.15, 0.2) is 40.6 Å². The summed E-state index contributed by atoms with van der Waals surface area (Å²) in [5, 5.41) is 13.1. The minimum atomic E-state index is -1.05. The Labute approximate surface area is 108 Å². The first-order valence-electron chi connectivity index (χ1n) is 5.43. The van der Waals surface area contributed by atoms with Gasteiger partial charge in [-0.25, -0.2) is 4.98 Å². The van der Waals surface area contributed by atoms with Gasteiger partial charge in [-0.1, -0.05) is 17.8 Å².